The van der Waals surface area contributed by atoms with Crippen LogP contribution < -0.4 is 9.64 Å². The van der Waals surface area contributed by atoms with E-state index in [1.807, 2.05) is 43.1 Å². The molecule has 3 unspecified atom stereocenters. The molecule has 5 aliphatic rings. The molecule has 2 aliphatic carbocycles. The fourth-order valence-corrected chi connectivity index (χ4v) is 11.7. The first-order valence-electron chi connectivity index (χ1n) is 18.5. The van der Waals surface area contributed by atoms with Crippen molar-refractivity contribution in [2.24, 2.45) is 5.41 Å². The molecule has 52 heavy (non-hydrogen) atoms. The summed E-state index contributed by atoms with van der Waals surface area (Å²) in [6.07, 6.45) is 8.05. The molecule has 1 saturated heterocycles. The number of carbonyl (C=O) groups is 3. The molecule has 3 aliphatic heterocycles. The lowest BCUT2D eigenvalue weighted by Gasteiger charge is -2.63. The van der Waals surface area contributed by atoms with Gasteiger partial charge in [-0.05, 0) is 61.9 Å². The normalized spacial score (nSPS) is 33.3. The van der Waals surface area contributed by atoms with E-state index in [1.165, 1.54) is 21.1 Å². The molecule has 2 N–H and O–H groups in total. The van der Waals surface area contributed by atoms with E-state index in [9.17, 15) is 19.5 Å². The summed E-state index contributed by atoms with van der Waals surface area (Å²) < 4.78 is 23.5. The Balaban J connectivity index is 1.46. The third-order valence-electron chi connectivity index (χ3n) is 13.4. The first kappa shape index (κ1) is 34.7. The van der Waals surface area contributed by atoms with Crippen molar-refractivity contribution in [2.45, 2.75) is 93.4 Å². The number of hydrogen-bond donors (Lipinski definition) is 2. The lowest BCUT2D eigenvalue weighted by atomic mass is 9.47. The van der Waals surface area contributed by atoms with E-state index in [4.69, 9.17) is 18.9 Å². The van der Waals surface area contributed by atoms with Crippen molar-refractivity contribution >= 4 is 34.5 Å². The average molecular weight is 712 g/mol. The number of para-hydroxylation sites is 1. The minimum absolute atomic E-state index is 0.255. The predicted octanol–water partition coefficient (Wildman–Crippen LogP) is 4.70. The zero-order chi connectivity index (χ0) is 36.8. The van der Waals surface area contributed by atoms with Gasteiger partial charge in [-0.2, -0.15) is 0 Å². The number of nitrogens with one attached hydrogen (secondary N) is 1. The van der Waals surface area contributed by atoms with E-state index in [1.54, 1.807) is 7.11 Å². The van der Waals surface area contributed by atoms with Crippen LogP contribution in [0.15, 0.2) is 48.6 Å². The quantitative estimate of drug-likeness (QED) is 0.211. The highest BCUT2D eigenvalue weighted by molar-refractivity contribution is 5.95. The van der Waals surface area contributed by atoms with Crippen molar-refractivity contribution in [3.8, 4) is 5.75 Å². The predicted molar refractivity (Wildman–Crippen MR) is 194 cm³/mol. The third-order valence-corrected chi connectivity index (χ3v) is 13.4. The Labute approximate surface area is 304 Å². The number of methoxy groups -OCH3 is 3. The van der Waals surface area contributed by atoms with Crippen LogP contribution in [0.5, 0.6) is 5.75 Å². The number of aromatic nitrogens is 1. The lowest BCUT2D eigenvalue weighted by Crippen LogP contribution is -2.81. The maximum atomic E-state index is 14.7. The number of hydrogen-bond acceptors (Lipinski definition) is 10. The number of H-pyrrole nitrogens is 1. The number of fused-ring (bicyclic) bond motifs is 4. The van der Waals surface area contributed by atoms with E-state index >= 15 is 0 Å². The second-order valence-electron chi connectivity index (χ2n) is 15.4. The molecule has 1 aromatic heterocycles. The standard InChI is InChI=1S/C41H49N3O8/c1-7-38-17-13-20-44-21-19-40(33(38)44)27-22-28(31(49-4)23-30(27)43(3)34(40)41(48,37(47)51-6)35(38)52-24(2)45)39(36(46)50-5)18-12-8-9-15-26-25-14-10-11-16-29(25)42-32(26)39/h10-11,13-14,16-17,22-23,33-35,42,48H,7-9,12,15,18-21H2,1-6H3/t33-,34+,35?,38+,39?,40+,41?/m1/s1. The summed E-state index contributed by atoms with van der Waals surface area (Å²) in [4.78, 5) is 49.8. The Morgan fingerprint density at radius 3 is 2.46 bits per heavy atom. The molecule has 2 aromatic carbocycles. The second kappa shape index (κ2) is 12.1. The van der Waals surface area contributed by atoms with Gasteiger partial charge in [0.15, 0.2) is 6.10 Å². The van der Waals surface area contributed by atoms with Crippen LogP contribution in [0, 0.1) is 5.41 Å². The monoisotopic (exact) mass is 711 g/mol. The molecule has 11 heteroatoms. The van der Waals surface area contributed by atoms with Crippen LogP contribution in [-0.2, 0) is 45.8 Å². The van der Waals surface area contributed by atoms with E-state index in [2.05, 4.69) is 34.2 Å². The number of rotatable bonds is 6. The number of ether oxygens (including phenoxy) is 4. The number of carbonyl (C=O) groups excluding carboxylic acids is 3. The fourth-order valence-electron chi connectivity index (χ4n) is 11.7. The van der Waals surface area contributed by atoms with Gasteiger partial charge in [0.1, 0.15) is 11.2 Å². The van der Waals surface area contributed by atoms with E-state index in [0.29, 0.717) is 43.7 Å². The number of aromatic amines is 1. The zero-order valence-electron chi connectivity index (χ0n) is 30.9. The number of aryl methyl sites for hydroxylation is 1. The van der Waals surface area contributed by atoms with E-state index in [0.717, 1.165) is 59.1 Å². The summed E-state index contributed by atoms with van der Waals surface area (Å²) >= 11 is 0. The van der Waals surface area contributed by atoms with Crippen molar-refractivity contribution < 1.29 is 38.4 Å². The molecular weight excluding hydrogens is 662 g/mol. The number of esters is 3. The number of aliphatic hydroxyl groups is 1. The fraction of sp³-hybridized carbons (Fsp3) is 0.537. The van der Waals surface area contributed by atoms with Gasteiger partial charge < -0.3 is 33.9 Å². The van der Waals surface area contributed by atoms with Crippen molar-refractivity contribution in [1.29, 1.82) is 0 Å². The van der Waals surface area contributed by atoms with Gasteiger partial charge in [0.25, 0.3) is 0 Å². The Hall–Kier alpha value is -4.35. The molecule has 0 radical (unpaired) electrons. The molecule has 0 bridgehead atoms. The van der Waals surface area contributed by atoms with Crippen molar-refractivity contribution in [1.82, 2.24) is 9.88 Å². The van der Waals surface area contributed by atoms with Crippen molar-refractivity contribution in [3.63, 3.8) is 0 Å². The van der Waals surface area contributed by atoms with Crippen LogP contribution in [0.2, 0.25) is 0 Å². The van der Waals surface area contributed by atoms with Gasteiger partial charge in [-0.3, -0.25) is 14.5 Å². The maximum Gasteiger partial charge on any atom is 0.344 e. The molecule has 276 valence electrons. The molecule has 8 rings (SSSR count). The van der Waals surface area contributed by atoms with Crippen LogP contribution in [0.3, 0.4) is 0 Å². The van der Waals surface area contributed by atoms with Crippen molar-refractivity contribution in [2.75, 3.05) is 46.4 Å². The van der Waals surface area contributed by atoms with Crippen LogP contribution in [0.25, 0.3) is 10.9 Å². The number of benzene rings is 2. The number of nitrogens with zero attached hydrogens (tertiary/aromatic N) is 2. The van der Waals surface area contributed by atoms with Gasteiger partial charge in [-0.25, -0.2) is 4.79 Å². The largest absolute Gasteiger partial charge is 0.496 e. The summed E-state index contributed by atoms with van der Waals surface area (Å²) in [6.45, 7) is 4.70. The van der Waals surface area contributed by atoms with Gasteiger partial charge >= 0.3 is 17.9 Å². The lowest BCUT2D eigenvalue weighted by molar-refractivity contribution is -0.228. The second-order valence-corrected chi connectivity index (χ2v) is 15.4. The van der Waals surface area contributed by atoms with Gasteiger partial charge in [-0.1, -0.05) is 50.1 Å². The Kier molecular flexibility index (Phi) is 8.08. The molecule has 7 atom stereocenters. The summed E-state index contributed by atoms with van der Waals surface area (Å²) in [7, 11) is 6.19. The van der Waals surface area contributed by atoms with Gasteiger partial charge in [0, 0.05) is 71.3 Å². The molecule has 1 spiro atoms. The maximum absolute atomic E-state index is 14.7. The minimum atomic E-state index is -2.25. The molecule has 4 heterocycles. The summed E-state index contributed by atoms with van der Waals surface area (Å²) in [5.41, 5.74) is 0.00113. The average Bonchev–Trinajstić information content (AvgIpc) is 3.79. The van der Waals surface area contributed by atoms with Crippen molar-refractivity contribution in [3.05, 3.63) is 70.9 Å². The molecule has 1 saturated carbocycles. The molecular formula is C41H49N3O8. The topological polar surface area (TPSA) is 131 Å². The minimum Gasteiger partial charge on any atom is -0.496 e. The smallest absolute Gasteiger partial charge is 0.344 e. The number of likely N-dealkylation sites (N-methyl/N-ethyl adjacent to an activating group) is 1. The number of anilines is 1. The van der Waals surface area contributed by atoms with Crippen LogP contribution in [0.1, 0.15) is 74.8 Å². The van der Waals surface area contributed by atoms with Crippen LogP contribution >= 0.6 is 0 Å². The highest BCUT2D eigenvalue weighted by Crippen LogP contribution is 2.68. The molecule has 0 amide bonds. The summed E-state index contributed by atoms with van der Waals surface area (Å²) in [5.74, 6) is -1.30. The van der Waals surface area contributed by atoms with E-state index < -0.39 is 45.9 Å². The Morgan fingerprint density at radius 1 is 0.981 bits per heavy atom. The van der Waals surface area contributed by atoms with Gasteiger partial charge in [-0.15, -0.1) is 0 Å². The molecule has 2 fully saturated rings. The molecule has 11 nitrogen and oxygen atoms in total. The van der Waals surface area contributed by atoms with Gasteiger partial charge in [0.05, 0.1) is 27.4 Å². The van der Waals surface area contributed by atoms with Crippen LogP contribution in [0.4, 0.5) is 5.69 Å². The molecule has 3 aromatic rings. The summed E-state index contributed by atoms with van der Waals surface area (Å²) in [6, 6.07) is 11.1. The zero-order valence-corrected chi connectivity index (χ0v) is 30.9. The summed E-state index contributed by atoms with van der Waals surface area (Å²) in [5, 5.41) is 14.2. The Morgan fingerprint density at radius 2 is 1.75 bits per heavy atom. The van der Waals surface area contributed by atoms with E-state index in [-0.39, 0.29) is 12.0 Å². The van der Waals surface area contributed by atoms with Crippen LogP contribution in [-0.4, -0.2) is 98.2 Å². The SMILES string of the molecule is CC[C@@]12C=CCN3CC[C@]4(c5cc(C6(C(=O)OC)CCCCCc7c6[nH]c6ccccc76)c(OC)cc5N(C)[C@@H]4C(O)(C(=O)OC)C1OC(C)=O)[C@H]32. The Bertz CT molecular complexity index is 2010. The highest BCUT2D eigenvalue weighted by atomic mass is 16.6. The third kappa shape index (κ3) is 4.17. The highest BCUT2D eigenvalue weighted by Gasteiger charge is 2.80. The van der Waals surface area contributed by atoms with Gasteiger partial charge in [0.2, 0.25) is 5.60 Å². The first-order chi connectivity index (χ1) is 25.0. The first-order valence-corrected chi connectivity index (χ1v) is 18.5.